The predicted molar refractivity (Wildman–Crippen MR) is 155 cm³/mol. The van der Waals surface area contributed by atoms with Gasteiger partial charge in [-0.3, -0.25) is 9.78 Å². The maximum absolute atomic E-state index is 12.8. The highest BCUT2D eigenvalue weighted by Crippen LogP contribution is 2.29. The summed E-state index contributed by atoms with van der Waals surface area (Å²) >= 11 is 1.64. The fourth-order valence-electron chi connectivity index (χ4n) is 5.31. The monoisotopic (exact) mass is 540 g/mol. The van der Waals surface area contributed by atoms with Crippen molar-refractivity contribution < 1.29 is 9.53 Å². The van der Waals surface area contributed by atoms with Crippen molar-refractivity contribution in [3.63, 3.8) is 0 Å². The number of thioether (sulfide) groups is 1. The van der Waals surface area contributed by atoms with Crippen LogP contribution in [0.15, 0.2) is 65.7 Å². The van der Waals surface area contributed by atoms with Crippen molar-refractivity contribution in [1.29, 1.82) is 0 Å². The number of hydrogen-bond donors (Lipinski definition) is 2. The molecule has 3 aromatic heterocycles. The van der Waals surface area contributed by atoms with E-state index in [1.807, 2.05) is 61.7 Å². The van der Waals surface area contributed by atoms with Gasteiger partial charge in [0.05, 0.1) is 47.9 Å². The lowest BCUT2D eigenvalue weighted by molar-refractivity contribution is 0.0368. The van der Waals surface area contributed by atoms with Crippen molar-refractivity contribution in [2.24, 2.45) is 0 Å². The molecule has 0 aliphatic carbocycles. The molecule has 5 heterocycles. The van der Waals surface area contributed by atoms with Gasteiger partial charge in [-0.2, -0.15) is 0 Å². The van der Waals surface area contributed by atoms with Crippen LogP contribution in [0.4, 0.5) is 5.82 Å². The minimum atomic E-state index is -0.117. The van der Waals surface area contributed by atoms with Crippen LogP contribution in [0.1, 0.15) is 28.0 Å². The zero-order chi connectivity index (χ0) is 26.8. The highest BCUT2D eigenvalue weighted by Gasteiger charge is 2.40. The fraction of sp³-hybridized carbons (Fsp3) is 0.333. The molecule has 2 fully saturated rings. The maximum atomic E-state index is 12.8. The summed E-state index contributed by atoms with van der Waals surface area (Å²) in [7, 11) is 0. The lowest BCUT2D eigenvalue weighted by atomic mass is 9.99. The molecule has 200 valence electrons. The predicted octanol–water partition coefficient (Wildman–Crippen LogP) is 4.22. The van der Waals surface area contributed by atoms with Crippen LogP contribution in [-0.4, -0.2) is 65.5 Å². The van der Waals surface area contributed by atoms with Crippen molar-refractivity contribution in [1.82, 2.24) is 25.6 Å². The summed E-state index contributed by atoms with van der Waals surface area (Å²) in [6.45, 7) is 6.62. The second-order valence-corrected chi connectivity index (χ2v) is 11.1. The number of carbonyl (C=O) groups excluding carboxylic acids is 1. The summed E-state index contributed by atoms with van der Waals surface area (Å²) < 4.78 is 5.75. The number of amides is 1. The molecule has 1 amide bonds. The minimum absolute atomic E-state index is 0.0205. The highest BCUT2D eigenvalue weighted by molar-refractivity contribution is 7.98. The molecule has 4 aromatic rings. The Hall–Kier alpha value is -3.53. The molecule has 2 N–H and O–H groups in total. The molecule has 0 radical (unpaired) electrons. The normalized spacial score (nSPS) is 19.1. The molecule has 1 spiro atoms. The second kappa shape index (κ2) is 10.9. The van der Waals surface area contributed by atoms with E-state index in [2.05, 4.69) is 26.6 Å². The SMILES string of the molecule is CSc1cc(C(=O)NCc2cc3nc(-c4cccc(N5CCC6(COCCN6)C5)n4)ccc3cn2)ccc1C. The van der Waals surface area contributed by atoms with Gasteiger partial charge in [-0.1, -0.05) is 12.1 Å². The number of carbonyl (C=O) groups is 1. The third-order valence-electron chi connectivity index (χ3n) is 7.53. The number of anilines is 1. The van der Waals surface area contributed by atoms with Crippen LogP contribution in [0.2, 0.25) is 0 Å². The van der Waals surface area contributed by atoms with Crippen LogP contribution < -0.4 is 15.5 Å². The number of rotatable bonds is 6. The molecule has 2 saturated heterocycles. The summed E-state index contributed by atoms with van der Waals surface area (Å²) in [5.74, 6) is 0.839. The third kappa shape index (κ3) is 5.48. The van der Waals surface area contributed by atoms with E-state index in [1.54, 1.807) is 18.0 Å². The largest absolute Gasteiger partial charge is 0.378 e. The van der Waals surface area contributed by atoms with Crippen molar-refractivity contribution in [3.05, 3.63) is 77.6 Å². The molecule has 0 bridgehead atoms. The molecule has 9 heteroatoms. The Labute approximate surface area is 232 Å². The number of benzene rings is 1. The lowest BCUT2D eigenvalue weighted by Crippen LogP contribution is -2.55. The van der Waals surface area contributed by atoms with Gasteiger partial charge in [0.25, 0.3) is 5.91 Å². The quantitative estimate of drug-likeness (QED) is 0.351. The molecule has 6 rings (SSSR count). The average Bonchev–Trinajstić information content (AvgIpc) is 3.39. The van der Waals surface area contributed by atoms with Crippen LogP contribution in [0.5, 0.6) is 0 Å². The Morgan fingerprint density at radius 3 is 2.90 bits per heavy atom. The maximum Gasteiger partial charge on any atom is 0.251 e. The summed E-state index contributed by atoms with van der Waals surface area (Å²) in [6, 6.07) is 17.8. The topological polar surface area (TPSA) is 92.3 Å². The van der Waals surface area contributed by atoms with Crippen LogP contribution in [0, 0.1) is 6.92 Å². The van der Waals surface area contributed by atoms with E-state index in [0.717, 1.165) is 83.5 Å². The minimum Gasteiger partial charge on any atom is -0.378 e. The summed E-state index contributed by atoms with van der Waals surface area (Å²) in [6.07, 6.45) is 4.86. The number of aromatic nitrogens is 3. The van der Waals surface area contributed by atoms with E-state index in [9.17, 15) is 4.79 Å². The first-order valence-electron chi connectivity index (χ1n) is 13.3. The van der Waals surface area contributed by atoms with Crippen molar-refractivity contribution in [3.8, 4) is 11.4 Å². The first-order valence-corrected chi connectivity index (χ1v) is 14.5. The van der Waals surface area contributed by atoms with E-state index >= 15 is 0 Å². The van der Waals surface area contributed by atoms with Crippen molar-refractivity contribution in [2.45, 2.75) is 30.3 Å². The summed E-state index contributed by atoms with van der Waals surface area (Å²) in [5.41, 5.74) is 5.05. The van der Waals surface area contributed by atoms with Crippen LogP contribution in [-0.2, 0) is 11.3 Å². The van der Waals surface area contributed by atoms with Crippen LogP contribution in [0.3, 0.4) is 0 Å². The standard InChI is InChI=1S/C30H32N6O2S/c1-20-6-7-21(14-27(20)39-2)29(37)32-17-23-15-26-22(16-31-23)8-9-25(34-26)24-4-3-5-28(35-24)36-12-10-30(18-36)19-38-13-11-33-30/h3-9,14-16,33H,10-13,17-19H2,1-2H3,(H,32,37). The molecule has 39 heavy (non-hydrogen) atoms. The molecule has 1 aromatic carbocycles. The number of nitrogens with one attached hydrogen (secondary N) is 2. The van der Waals surface area contributed by atoms with Crippen LogP contribution >= 0.6 is 11.8 Å². The van der Waals surface area contributed by atoms with E-state index in [1.165, 1.54) is 0 Å². The molecule has 2 aliphatic heterocycles. The fourth-order valence-corrected chi connectivity index (χ4v) is 5.95. The number of hydrogen-bond acceptors (Lipinski definition) is 8. The number of ether oxygens (including phenoxy) is 1. The van der Waals surface area contributed by atoms with Crippen molar-refractivity contribution >= 4 is 34.4 Å². The Kier molecular flexibility index (Phi) is 7.20. The average molecular weight is 541 g/mol. The molecule has 0 saturated carbocycles. The van der Waals surface area contributed by atoms with E-state index in [-0.39, 0.29) is 11.4 Å². The Morgan fingerprint density at radius 2 is 2.05 bits per heavy atom. The smallest absolute Gasteiger partial charge is 0.251 e. The van der Waals surface area contributed by atoms with Gasteiger partial charge in [0.15, 0.2) is 0 Å². The third-order valence-corrected chi connectivity index (χ3v) is 8.41. The molecule has 1 atom stereocenters. The van der Waals surface area contributed by atoms with Gasteiger partial charge in [0.1, 0.15) is 5.82 Å². The Balaban J connectivity index is 1.18. The number of nitrogens with zero attached hydrogens (tertiary/aromatic N) is 4. The van der Waals surface area contributed by atoms with Gasteiger partial charge >= 0.3 is 0 Å². The van der Waals surface area contributed by atoms with E-state index in [0.29, 0.717) is 12.1 Å². The van der Waals surface area contributed by atoms with Gasteiger partial charge in [-0.05, 0) is 67.6 Å². The molecule has 8 nitrogen and oxygen atoms in total. The van der Waals surface area contributed by atoms with E-state index < -0.39 is 0 Å². The summed E-state index contributed by atoms with van der Waals surface area (Å²) in [5, 5.41) is 7.59. The highest BCUT2D eigenvalue weighted by atomic mass is 32.2. The molecular formula is C30H32N6O2S. The Morgan fingerprint density at radius 1 is 1.15 bits per heavy atom. The second-order valence-electron chi connectivity index (χ2n) is 10.2. The van der Waals surface area contributed by atoms with Gasteiger partial charge in [0.2, 0.25) is 0 Å². The number of fused-ring (bicyclic) bond motifs is 1. The first-order chi connectivity index (χ1) is 19.0. The van der Waals surface area contributed by atoms with Gasteiger partial charge in [-0.15, -0.1) is 11.8 Å². The lowest BCUT2D eigenvalue weighted by Gasteiger charge is -2.34. The van der Waals surface area contributed by atoms with Gasteiger partial charge in [0, 0.05) is 41.7 Å². The Bertz CT molecular complexity index is 1520. The van der Waals surface area contributed by atoms with Crippen molar-refractivity contribution in [2.75, 3.05) is 44.0 Å². The van der Waals surface area contributed by atoms with Gasteiger partial charge < -0.3 is 20.3 Å². The number of aryl methyl sites for hydroxylation is 1. The summed E-state index contributed by atoms with van der Waals surface area (Å²) in [4.78, 5) is 30.6. The van der Waals surface area contributed by atoms with Crippen LogP contribution in [0.25, 0.3) is 22.3 Å². The van der Waals surface area contributed by atoms with E-state index in [4.69, 9.17) is 14.7 Å². The molecular weight excluding hydrogens is 508 g/mol. The number of pyridine rings is 3. The zero-order valence-corrected chi connectivity index (χ0v) is 23.1. The van der Waals surface area contributed by atoms with Gasteiger partial charge in [-0.25, -0.2) is 9.97 Å². The zero-order valence-electron chi connectivity index (χ0n) is 22.2. The first kappa shape index (κ1) is 25.7. The molecule has 2 aliphatic rings. The number of morpholine rings is 1. The molecule has 1 unspecified atom stereocenters.